The summed E-state index contributed by atoms with van der Waals surface area (Å²) >= 11 is 0. The molecule has 3 aromatic rings. The lowest BCUT2D eigenvalue weighted by Gasteiger charge is -2.10. The van der Waals surface area contributed by atoms with Crippen LogP contribution < -0.4 is 11.1 Å². The van der Waals surface area contributed by atoms with Gasteiger partial charge in [-0.05, 0) is 30.7 Å². The van der Waals surface area contributed by atoms with Gasteiger partial charge in [0.2, 0.25) is 5.91 Å². The number of carbonyl (C=O) groups excluding carboxylic acids is 1. The first-order chi connectivity index (χ1) is 12.3. The largest absolute Gasteiger partial charge is 0.390 e. The van der Waals surface area contributed by atoms with Crippen molar-refractivity contribution in [2.45, 2.75) is 19.5 Å². The topological polar surface area (TPSA) is 85.3 Å². The highest BCUT2D eigenvalue weighted by Crippen LogP contribution is 2.26. The van der Waals surface area contributed by atoms with E-state index in [-0.39, 0.29) is 6.54 Å². The first-order valence-electron chi connectivity index (χ1n) is 7.80. The average Bonchev–Trinajstić information content (AvgIpc) is 2.98. The number of primary amides is 1. The Bertz CT molecular complexity index is 965. The molecule has 3 rings (SSSR count). The van der Waals surface area contributed by atoms with Crippen LogP contribution in [0.15, 0.2) is 36.7 Å². The van der Waals surface area contributed by atoms with Crippen LogP contribution in [-0.4, -0.2) is 33.2 Å². The first kappa shape index (κ1) is 17.7. The standard InChI is InChI=1S/C17H16F3N5O/c1-10-8-11(2-3-12(10)15(21)26)14-9-23-16-13(4-6-24-25(14)16)22-7-5-17(18,19)20/h2-4,6,8-9,22H,5,7H2,1H3,(H2,21,26). The summed E-state index contributed by atoms with van der Waals surface area (Å²) in [5.74, 6) is -0.513. The number of aromatic nitrogens is 3. The van der Waals surface area contributed by atoms with Crippen molar-refractivity contribution < 1.29 is 18.0 Å². The molecule has 0 fully saturated rings. The van der Waals surface area contributed by atoms with Crippen molar-refractivity contribution in [3.8, 4) is 11.3 Å². The van der Waals surface area contributed by atoms with Gasteiger partial charge in [-0.2, -0.15) is 18.3 Å². The Morgan fingerprint density at radius 1 is 1.31 bits per heavy atom. The molecule has 6 nitrogen and oxygen atoms in total. The Labute approximate surface area is 146 Å². The van der Waals surface area contributed by atoms with E-state index >= 15 is 0 Å². The number of halogens is 3. The molecule has 0 aliphatic heterocycles. The number of hydrogen-bond acceptors (Lipinski definition) is 4. The van der Waals surface area contributed by atoms with E-state index in [4.69, 9.17) is 5.73 Å². The summed E-state index contributed by atoms with van der Waals surface area (Å²) in [4.78, 5) is 15.6. The highest BCUT2D eigenvalue weighted by atomic mass is 19.4. The second kappa shape index (κ2) is 6.66. The monoisotopic (exact) mass is 363 g/mol. The maximum absolute atomic E-state index is 12.3. The third-order valence-electron chi connectivity index (χ3n) is 3.91. The fourth-order valence-corrected chi connectivity index (χ4v) is 2.67. The van der Waals surface area contributed by atoms with E-state index < -0.39 is 18.5 Å². The van der Waals surface area contributed by atoms with Crippen molar-refractivity contribution in [3.05, 3.63) is 47.8 Å². The molecule has 2 aromatic heterocycles. The Kier molecular flexibility index (Phi) is 4.54. The lowest BCUT2D eigenvalue weighted by Crippen LogP contribution is -2.15. The number of alkyl halides is 3. The Balaban J connectivity index is 1.93. The average molecular weight is 363 g/mol. The fraction of sp³-hybridized carbons (Fsp3) is 0.235. The van der Waals surface area contributed by atoms with Gasteiger partial charge in [0.1, 0.15) is 0 Å². The molecule has 0 atom stereocenters. The summed E-state index contributed by atoms with van der Waals surface area (Å²) in [5, 5.41) is 6.96. The van der Waals surface area contributed by atoms with E-state index in [9.17, 15) is 18.0 Å². The first-order valence-corrected chi connectivity index (χ1v) is 7.80. The molecule has 0 bridgehead atoms. The van der Waals surface area contributed by atoms with Crippen LogP contribution in [-0.2, 0) is 0 Å². The third-order valence-corrected chi connectivity index (χ3v) is 3.91. The van der Waals surface area contributed by atoms with Crippen LogP contribution in [0.3, 0.4) is 0 Å². The number of nitrogens with two attached hydrogens (primary N) is 1. The molecular formula is C17H16F3N5O. The van der Waals surface area contributed by atoms with Gasteiger partial charge in [0, 0.05) is 17.7 Å². The van der Waals surface area contributed by atoms with E-state index in [0.29, 0.717) is 28.2 Å². The number of rotatable bonds is 5. The number of fused-ring (bicyclic) bond motifs is 1. The predicted molar refractivity (Wildman–Crippen MR) is 90.8 cm³/mol. The SMILES string of the molecule is Cc1cc(-c2cnc3c(NCCC(F)(F)F)ccnn23)ccc1C(N)=O. The maximum Gasteiger partial charge on any atom is 0.390 e. The Morgan fingerprint density at radius 3 is 2.73 bits per heavy atom. The number of nitrogens with one attached hydrogen (secondary N) is 1. The number of anilines is 1. The summed E-state index contributed by atoms with van der Waals surface area (Å²) in [7, 11) is 0. The number of hydrogen-bond donors (Lipinski definition) is 2. The molecule has 1 amide bonds. The third kappa shape index (κ3) is 3.61. The normalized spacial score (nSPS) is 11.7. The van der Waals surface area contributed by atoms with Crippen LogP contribution in [0.5, 0.6) is 0 Å². The van der Waals surface area contributed by atoms with Gasteiger partial charge in [-0.1, -0.05) is 6.07 Å². The zero-order valence-electron chi connectivity index (χ0n) is 13.8. The summed E-state index contributed by atoms with van der Waals surface area (Å²) in [6, 6.07) is 6.71. The van der Waals surface area contributed by atoms with Gasteiger partial charge < -0.3 is 11.1 Å². The van der Waals surface area contributed by atoms with Gasteiger partial charge in [-0.3, -0.25) is 4.79 Å². The second-order valence-electron chi connectivity index (χ2n) is 5.81. The van der Waals surface area contributed by atoms with E-state index in [1.165, 1.54) is 10.7 Å². The minimum atomic E-state index is -4.23. The molecule has 0 saturated carbocycles. The summed E-state index contributed by atoms with van der Waals surface area (Å²) in [5.41, 5.74) is 8.74. The highest BCUT2D eigenvalue weighted by molar-refractivity contribution is 5.94. The zero-order valence-corrected chi connectivity index (χ0v) is 13.8. The molecule has 3 N–H and O–H groups in total. The van der Waals surface area contributed by atoms with Gasteiger partial charge in [0.05, 0.1) is 30.2 Å². The lowest BCUT2D eigenvalue weighted by molar-refractivity contribution is -0.131. The molecule has 0 aliphatic rings. The highest BCUT2D eigenvalue weighted by Gasteiger charge is 2.26. The smallest absolute Gasteiger partial charge is 0.382 e. The van der Waals surface area contributed by atoms with E-state index in [1.807, 2.05) is 0 Å². The molecule has 0 radical (unpaired) electrons. The maximum atomic E-state index is 12.3. The number of benzene rings is 1. The van der Waals surface area contributed by atoms with Gasteiger partial charge >= 0.3 is 6.18 Å². The van der Waals surface area contributed by atoms with Crippen molar-refractivity contribution in [1.82, 2.24) is 14.6 Å². The molecule has 1 aromatic carbocycles. The minimum Gasteiger partial charge on any atom is -0.382 e. The van der Waals surface area contributed by atoms with Gasteiger partial charge in [-0.25, -0.2) is 9.50 Å². The molecule has 136 valence electrons. The molecule has 9 heteroatoms. The summed E-state index contributed by atoms with van der Waals surface area (Å²) < 4.78 is 38.5. The van der Waals surface area contributed by atoms with Crippen LogP contribution >= 0.6 is 0 Å². The summed E-state index contributed by atoms with van der Waals surface area (Å²) in [6.45, 7) is 1.52. The van der Waals surface area contributed by atoms with Crippen LogP contribution in [0.2, 0.25) is 0 Å². The Morgan fingerprint density at radius 2 is 2.08 bits per heavy atom. The van der Waals surface area contributed by atoms with Crippen molar-refractivity contribution in [2.75, 3.05) is 11.9 Å². The molecule has 0 aliphatic carbocycles. The second-order valence-corrected chi connectivity index (χ2v) is 5.81. The quantitative estimate of drug-likeness (QED) is 0.729. The minimum absolute atomic E-state index is 0.252. The number of nitrogens with zero attached hydrogens (tertiary/aromatic N) is 3. The van der Waals surface area contributed by atoms with Gasteiger partial charge in [-0.15, -0.1) is 0 Å². The van der Waals surface area contributed by atoms with Gasteiger partial charge in [0.15, 0.2) is 5.65 Å². The van der Waals surface area contributed by atoms with Crippen LogP contribution in [0.1, 0.15) is 22.3 Å². The van der Waals surface area contributed by atoms with E-state index in [2.05, 4.69) is 15.4 Å². The number of imidazole rings is 1. The molecule has 2 heterocycles. The van der Waals surface area contributed by atoms with Crippen LogP contribution in [0.25, 0.3) is 16.9 Å². The lowest BCUT2D eigenvalue weighted by atomic mass is 10.0. The van der Waals surface area contributed by atoms with Crippen LogP contribution in [0.4, 0.5) is 18.9 Å². The van der Waals surface area contributed by atoms with Crippen molar-refractivity contribution in [2.24, 2.45) is 5.73 Å². The summed E-state index contributed by atoms with van der Waals surface area (Å²) in [6.07, 6.45) is -2.10. The van der Waals surface area contributed by atoms with Crippen molar-refractivity contribution in [3.63, 3.8) is 0 Å². The zero-order chi connectivity index (χ0) is 18.9. The molecule has 0 unspecified atom stereocenters. The van der Waals surface area contributed by atoms with Gasteiger partial charge in [0.25, 0.3) is 0 Å². The van der Waals surface area contributed by atoms with E-state index in [1.54, 1.807) is 37.4 Å². The van der Waals surface area contributed by atoms with E-state index in [0.717, 1.165) is 5.56 Å². The fourth-order valence-electron chi connectivity index (χ4n) is 2.67. The number of carbonyl (C=O) groups is 1. The predicted octanol–water partition coefficient (Wildman–Crippen LogP) is 3.17. The molecule has 26 heavy (non-hydrogen) atoms. The molecular weight excluding hydrogens is 347 g/mol. The number of amides is 1. The van der Waals surface area contributed by atoms with Crippen molar-refractivity contribution in [1.29, 1.82) is 0 Å². The number of aryl methyl sites for hydroxylation is 1. The molecule has 0 saturated heterocycles. The van der Waals surface area contributed by atoms with Crippen molar-refractivity contribution >= 4 is 17.2 Å². The Hall–Kier alpha value is -3.10. The van der Waals surface area contributed by atoms with Crippen LogP contribution in [0, 0.1) is 6.92 Å². The molecule has 0 spiro atoms.